The van der Waals surface area contributed by atoms with E-state index in [9.17, 15) is 9.59 Å². The summed E-state index contributed by atoms with van der Waals surface area (Å²) in [4.78, 5) is 31.9. The van der Waals surface area contributed by atoms with Crippen molar-refractivity contribution in [3.8, 4) is 5.75 Å². The molecule has 1 amide bonds. The molecule has 1 N–H and O–H groups in total. The number of benzene rings is 1. The molecule has 9 heteroatoms. The standard InChI is InChI=1S/C21H26N6O3/c1-3-30-17-8-6-16(7-9-17)23-18(28)14-27-21(29)26-12-10-22-19(20(26)24-27)25-11-4-5-15(2)13-25/h6-10,12,15H,3-5,11,13-14H2,1-2H3,(H,23,28)/t15-/m1/s1. The van der Waals surface area contributed by atoms with Crippen molar-refractivity contribution in [3.05, 3.63) is 47.1 Å². The topological polar surface area (TPSA) is 93.8 Å². The van der Waals surface area contributed by atoms with Gasteiger partial charge in [0.05, 0.1) is 6.61 Å². The minimum atomic E-state index is -0.361. The number of hydrogen-bond acceptors (Lipinski definition) is 6. The third-order valence-electron chi connectivity index (χ3n) is 5.18. The van der Waals surface area contributed by atoms with Crippen molar-refractivity contribution in [3.63, 3.8) is 0 Å². The van der Waals surface area contributed by atoms with Crippen molar-refractivity contribution in [2.45, 2.75) is 33.2 Å². The van der Waals surface area contributed by atoms with Gasteiger partial charge in [-0.2, -0.15) is 0 Å². The Bertz CT molecular complexity index is 1090. The van der Waals surface area contributed by atoms with E-state index >= 15 is 0 Å². The van der Waals surface area contributed by atoms with E-state index in [1.165, 1.54) is 15.5 Å². The van der Waals surface area contributed by atoms with E-state index in [2.05, 4.69) is 27.2 Å². The summed E-state index contributed by atoms with van der Waals surface area (Å²) in [5.41, 5.74) is 0.746. The van der Waals surface area contributed by atoms with Crippen LogP contribution in [0.4, 0.5) is 11.5 Å². The third-order valence-corrected chi connectivity index (χ3v) is 5.18. The molecule has 1 atom stereocenters. The first-order valence-electron chi connectivity index (χ1n) is 10.3. The number of carbonyl (C=O) groups excluding carboxylic acids is 1. The third kappa shape index (κ3) is 4.14. The Kier molecular flexibility index (Phi) is 5.69. The Labute approximate surface area is 174 Å². The van der Waals surface area contributed by atoms with Gasteiger partial charge in [-0.25, -0.2) is 18.9 Å². The highest BCUT2D eigenvalue weighted by Crippen LogP contribution is 2.23. The van der Waals surface area contributed by atoms with E-state index in [4.69, 9.17) is 4.74 Å². The van der Waals surface area contributed by atoms with Crippen LogP contribution < -0.4 is 20.6 Å². The molecule has 3 aromatic rings. The van der Waals surface area contributed by atoms with Crippen LogP contribution in [0.3, 0.4) is 0 Å². The molecule has 2 aromatic heterocycles. The summed E-state index contributed by atoms with van der Waals surface area (Å²) in [6.07, 6.45) is 5.46. The fraction of sp³-hybridized carbons (Fsp3) is 0.429. The fourth-order valence-corrected chi connectivity index (χ4v) is 3.78. The quantitative estimate of drug-likeness (QED) is 0.669. The van der Waals surface area contributed by atoms with Gasteiger partial charge >= 0.3 is 5.69 Å². The Hall–Kier alpha value is -3.36. The van der Waals surface area contributed by atoms with Gasteiger partial charge in [-0.3, -0.25) is 4.79 Å². The molecule has 0 aliphatic carbocycles. The molecule has 1 saturated heterocycles. The monoisotopic (exact) mass is 410 g/mol. The SMILES string of the molecule is CCOc1ccc(NC(=O)Cn2nc3c(N4CCC[C@@H](C)C4)nccn3c2=O)cc1. The van der Waals surface area contributed by atoms with Crippen LogP contribution in [-0.4, -0.2) is 44.8 Å². The van der Waals surface area contributed by atoms with Crippen LogP contribution in [0.2, 0.25) is 0 Å². The van der Waals surface area contributed by atoms with Gasteiger partial charge in [0.2, 0.25) is 11.6 Å². The molecule has 4 rings (SSSR count). The van der Waals surface area contributed by atoms with Crippen LogP contribution in [0.25, 0.3) is 5.65 Å². The second-order valence-electron chi connectivity index (χ2n) is 7.58. The number of rotatable bonds is 6. The maximum absolute atomic E-state index is 12.8. The van der Waals surface area contributed by atoms with Crippen LogP contribution in [-0.2, 0) is 11.3 Å². The van der Waals surface area contributed by atoms with Crippen molar-refractivity contribution in [1.29, 1.82) is 0 Å². The zero-order valence-electron chi connectivity index (χ0n) is 17.2. The lowest BCUT2D eigenvalue weighted by Crippen LogP contribution is -2.35. The fourth-order valence-electron chi connectivity index (χ4n) is 3.78. The zero-order valence-corrected chi connectivity index (χ0v) is 17.2. The minimum Gasteiger partial charge on any atom is -0.494 e. The molecule has 1 aromatic carbocycles. The second-order valence-corrected chi connectivity index (χ2v) is 7.58. The smallest absolute Gasteiger partial charge is 0.350 e. The maximum Gasteiger partial charge on any atom is 0.350 e. The highest BCUT2D eigenvalue weighted by atomic mass is 16.5. The number of carbonyl (C=O) groups is 1. The highest BCUT2D eigenvalue weighted by molar-refractivity contribution is 5.90. The van der Waals surface area contributed by atoms with Crippen LogP contribution in [0.5, 0.6) is 5.75 Å². The van der Waals surface area contributed by atoms with E-state index in [0.29, 0.717) is 29.7 Å². The first kappa shape index (κ1) is 19.9. The Morgan fingerprint density at radius 2 is 2.10 bits per heavy atom. The van der Waals surface area contributed by atoms with E-state index in [0.717, 1.165) is 25.3 Å². The molecule has 0 radical (unpaired) electrons. The molecule has 0 saturated carbocycles. The Balaban J connectivity index is 1.53. The molecule has 0 spiro atoms. The van der Waals surface area contributed by atoms with Crippen molar-refractivity contribution >= 4 is 23.1 Å². The summed E-state index contributed by atoms with van der Waals surface area (Å²) in [7, 11) is 0. The highest BCUT2D eigenvalue weighted by Gasteiger charge is 2.22. The molecule has 158 valence electrons. The number of amides is 1. The normalized spacial score (nSPS) is 16.6. The average Bonchev–Trinajstić information content (AvgIpc) is 3.05. The summed E-state index contributed by atoms with van der Waals surface area (Å²) >= 11 is 0. The van der Waals surface area contributed by atoms with E-state index < -0.39 is 0 Å². The number of nitrogens with zero attached hydrogens (tertiary/aromatic N) is 5. The average molecular weight is 410 g/mol. The predicted octanol–water partition coefficient (Wildman–Crippen LogP) is 2.16. The first-order valence-corrected chi connectivity index (χ1v) is 10.3. The number of anilines is 2. The lowest BCUT2D eigenvalue weighted by atomic mass is 10.0. The summed E-state index contributed by atoms with van der Waals surface area (Å²) in [6.45, 7) is 6.29. The van der Waals surface area contributed by atoms with E-state index in [1.54, 1.807) is 36.7 Å². The summed E-state index contributed by atoms with van der Waals surface area (Å²) in [5, 5.41) is 7.20. The van der Waals surface area contributed by atoms with Gasteiger partial charge in [0.25, 0.3) is 0 Å². The van der Waals surface area contributed by atoms with Crippen LogP contribution >= 0.6 is 0 Å². The predicted molar refractivity (Wildman–Crippen MR) is 114 cm³/mol. The van der Waals surface area contributed by atoms with Gasteiger partial charge in [-0.1, -0.05) is 6.92 Å². The molecular formula is C21H26N6O3. The number of piperidine rings is 1. The maximum atomic E-state index is 12.8. The van der Waals surface area contributed by atoms with Crippen molar-refractivity contribution < 1.29 is 9.53 Å². The van der Waals surface area contributed by atoms with Gasteiger partial charge in [-0.05, 0) is 49.9 Å². The van der Waals surface area contributed by atoms with E-state index in [1.807, 2.05) is 6.92 Å². The molecule has 1 aliphatic rings. The van der Waals surface area contributed by atoms with Gasteiger partial charge in [0.1, 0.15) is 12.3 Å². The molecule has 30 heavy (non-hydrogen) atoms. The van der Waals surface area contributed by atoms with Crippen LogP contribution in [0.1, 0.15) is 26.7 Å². The van der Waals surface area contributed by atoms with Gasteiger partial charge in [-0.15, -0.1) is 5.10 Å². The van der Waals surface area contributed by atoms with Crippen LogP contribution in [0.15, 0.2) is 41.5 Å². The van der Waals surface area contributed by atoms with E-state index in [-0.39, 0.29) is 18.1 Å². The van der Waals surface area contributed by atoms with Crippen molar-refractivity contribution in [2.24, 2.45) is 5.92 Å². The molecule has 1 aliphatic heterocycles. The zero-order chi connectivity index (χ0) is 21.1. The molecule has 0 unspecified atom stereocenters. The molecule has 0 bridgehead atoms. The van der Waals surface area contributed by atoms with Crippen LogP contribution in [0, 0.1) is 5.92 Å². The first-order chi connectivity index (χ1) is 14.5. The number of aromatic nitrogens is 4. The number of nitrogens with one attached hydrogen (secondary N) is 1. The van der Waals surface area contributed by atoms with Gasteiger partial charge in [0, 0.05) is 31.2 Å². The second kappa shape index (κ2) is 8.56. The number of fused-ring (bicyclic) bond motifs is 1. The molecule has 9 nitrogen and oxygen atoms in total. The molecule has 3 heterocycles. The molecular weight excluding hydrogens is 384 g/mol. The lowest BCUT2D eigenvalue weighted by molar-refractivity contribution is -0.117. The van der Waals surface area contributed by atoms with Gasteiger partial charge < -0.3 is 15.0 Å². The Morgan fingerprint density at radius 3 is 2.83 bits per heavy atom. The molecule has 1 fully saturated rings. The Morgan fingerprint density at radius 1 is 1.30 bits per heavy atom. The lowest BCUT2D eigenvalue weighted by Gasteiger charge is -2.31. The van der Waals surface area contributed by atoms with Crippen molar-refractivity contribution in [1.82, 2.24) is 19.2 Å². The summed E-state index contributed by atoms with van der Waals surface area (Å²) in [5.74, 6) is 1.66. The van der Waals surface area contributed by atoms with Gasteiger partial charge in [0.15, 0.2) is 5.82 Å². The summed E-state index contributed by atoms with van der Waals surface area (Å²) < 4.78 is 8.03. The largest absolute Gasteiger partial charge is 0.494 e. The number of hydrogen-bond donors (Lipinski definition) is 1. The van der Waals surface area contributed by atoms with Crippen molar-refractivity contribution in [2.75, 3.05) is 29.9 Å². The number of ether oxygens (including phenoxy) is 1. The summed E-state index contributed by atoms with van der Waals surface area (Å²) in [6, 6.07) is 7.09. The minimum absolute atomic E-state index is 0.177.